The Morgan fingerprint density at radius 3 is 2.84 bits per heavy atom. The number of ether oxygens (including phenoxy) is 1. The minimum Gasteiger partial charge on any atom is -0.497 e. The Kier molecular flexibility index (Phi) is 2.75. The smallest absolute Gasteiger partial charge is 0.222 e. The minimum absolute atomic E-state index is 0.0613. The van der Waals surface area contributed by atoms with Gasteiger partial charge in [-0.3, -0.25) is 0 Å². The Morgan fingerprint density at radius 1 is 1.32 bits per heavy atom. The second kappa shape index (κ2) is 4.20. The maximum Gasteiger partial charge on any atom is 0.222 e. The average molecular weight is 275 g/mol. The Balaban J connectivity index is 2.30. The van der Waals surface area contributed by atoms with Crippen molar-refractivity contribution in [3.8, 4) is 17.0 Å². The first kappa shape index (κ1) is 12.4. The van der Waals surface area contributed by atoms with Gasteiger partial charge in [-0.15, -0.1) is 0 Å². The number of aromatic nitrogens is 2. The van der Waals surface area contributed by atoms with Gasteiger partial charge in [-0.05, 0) is 46.7 Å². The maximum absolute atomic E-state index is 5.93. The summed E-state index contributed by atoms with van der Waals surface area (Å²) in [5, 5.41) is 0.284. The summed E-state index contributed by atoms with van der Waals surface area (Å²) >= 11 is 5.93. The third kappa shape index (κ3) is 1.98. The van der Waals surface area contributed by atoms with Gasteiger partial charge in [-0.25, -0.2) is 9.97 Å². The zero-order valence-corrected chi connectivity index (χ0v) is 12.0. The molecule has 19 heavy (non-hydrogen) atoms. The number of rotatable bonds is 1. The standard InChI is InChI=1S/C15H15ClN2O/c1-15(2)7-9-8-17-14(16)18-13(9)11-6-10(19-3)4-5-12(11)15/h4-6,8H,7H2,1-3H3. The van der Waals surface area contributed by atoms with E-state index in [-0.39, 0.29) is 10.7 Å². The third-order valence-corrected chi connectivity index (χ3v) is 3.86. The third-order valence-electron chi connectivity index (χ3n) is 3.68. The van der Waals surface area contributed by atoms with E-state index >= 15 is 0 Å². The molecule has 0 saturated carbocycles. The number of benzene rings is 1. The van der Waals surface area contributed by atoms with Crippen LogP contribution in [0.2, 0.25) is 5.28 Å². The van der Waals surface area contributed by atoms with E-state index in [1.165, 1.54) is 5.56 Å². The lowest BCUT2D eigenvalue weighted by molar-refractivity contribution is 0.414. The first-order valence-electron chi connectivity index (χ1n) is 6.21. The van der Waals surface area contributed by atoms with Crippen LogP contribution in [0.25, 0.3) is 11.3 Å². The molecule has 0 atom stereocenters. The molecule has 1 aromatic heterocycles. The van der Waals surface area contributed by atoms with Crippen LogP contribution in [0.5, 0.6) is 5.75 Å². The Morgan fingerprint density at radius 2 is 2.11 bits per heavy atom. The highest BCUT2D eigenvalue weighted by Crippen LogP contribution is 2.43. The van der Waals surface area contributed by atoms with E-state index in [0.29, 0.717) is 0 Å². The van der Waals surface area contributed by atoms with E-state index in [4.69, 9.17) is 16.3 Å². The predicted molar refractivity (Wildman–Crippen MR) is 75.8 cm³/mol. The van der Waals surface area contributed by atoms with Crippen molar-refractivity contribution in [1.82, 2.24) is 9.97 Å². The molecule has 1 aliphatic rings. The van der Waals surface area contributed by atoms with Gasteiger partial charge in [0.2, 0.25) is 5.28 Å². The van der Waals surface area contributed by atoms with Crippen LogP contribution in [0.4, 0.5) is 0 Å². The van der Waals surface area contributed by atoms with Crippen LogP contribution in [0.1, 0.15) is 25.0 Å². The molecule has 1 heterocycles. The second-order valence-electron chi connectivity index (χ2n) is 5.49. The van der Waals surface area contributed by atoms with Crippen molar-refractivity contribution in [3.63, 3.8) is 0 Å². The highest BCUT2D eigenvalue weighted by molar-refractivity contribution is 6.28. The Hall–Kier alpha value is -1.61. The van der Waals surface area contributed by atoms with Crippen LogP contribution in [0.15, 0.2) is 24.4 Å². The van der Waals surface area contributed by atoms with Gasteiger partial charge in [0.25, 0.3) is 0 Å². The normalized spacial score (nSPS) is 15.6. The van der Waals surface area contributed by atoms with Crippen molar-refractivity contribution in [2.24, 2.45) is 0 Å². The molecule has 3 rings (SSSR count). The van der Waals surface area contributed by atoms with Crippen LogP contribution >= 0.6 is 11.6 Å². The summed E-state index contributed by atoms with van der Waals surface area (Å²) in [6.07, 6.45) is 2.74. The number of hydrogen-bond acceptors (Lipinski definition) is 3. The van der Waals surface area contributed by atoms with E-state index < -0.39 is 0 Å². The number of fused-ring (bicyclic) bond motifs is 3. The lowest BCUT2D eigenvalue weighted by atomic mass is 9.72. The molecule has 1 aliphatic carbocycles. The average Bonchev–Trinajstić information content (AvgIpc) is 2.39. The number of methoxy groups -OCH3 is 1. The van der Waals surface area contributed by atoms with Crippen molar-refractivity contribution >= 4 is 11.6 Å². The van der Waals surface area contributed by atoms with Gasteiger partial charge in [0.05, 0.1) is 12.8 Å². The van der Waals surface area contributed by atoms with Gasteiger partial charge in [0.1, 0.15) is 5.75 Å². The summed E-state index contributed by atoms with van der Waals surface area (Å²) in [7, 11) is 1.67. The van der Waals surface area contributed by atoms with Crippen molar-refractivity contribution in [2.75, 3.05) is 7.11 Å². The van der Waals surface area contributed by atoms with Crippen molar-refractivity contribution < 1.29 is 4.74 Å². The molecule has 0 amide bonds. The van der Waals surface area contributed by atoms with Crippen molar-refractivity contribution in [2.45, 2.75) is 25.7 Å². The van der Waals surface area contributed by atoms with Gasteiger partial charge in [-0.1, -0.05) is 19.9 Å². The van der Waals surface area contributed by atoms with E-state index in [1.54, 1.807) is 7.11 Å². The van der Waals surface area contributed by atoms with Crippen LogP contribution in [-0.2, 0) is 11.8 Å². The number of nitrogens with zero attached hydrogens (tertiary/aromatic N) is 2. The molecule has 0 unspecified atom stereocenters. The van der Waals surface area contributed by atoms with E-state index in [0.717, 1.165) is 29.0 Å². The quantitative estimate of drug-likeness (QED) is 0.745. The molecule has 4 heteroatoms. The fourth-order valence-corrected chi connectivity index (χ4v) is 2.89. The molecule has 0 bridgehead atoms. The summed E-state index contributed by atoms with van der Waals surface area (Å²) in [5.74, 6) is 0.831. The lowest BCUT2D eigenvalue weighted by Gasteiger charge is -2.33. The van der Waals surface area contributed by atoms with Crippen molar-refractivity contribution in [1.29, 1.82) is 0 Å². The molecule has 0 spiro atoms. The lowest BCUT2D eigenvalue weighted by Crippen LogP contribution is -2.26. The molecule has 0 saturated heterocycles. The summed E-state index contributed by atoms with van der Waals surface area (Å²) in [6.45, 7) is 4.46. The molecule has 2 aromatic rings. The zero-order valence-electron chi connectivity index (χ0n) is 11.2. The fourth-order valence-electron chi connectivity index (χ4n) is 2.76. The zero-order chi connectivity index (χ0) is 13.6. The van der Waals surface area contributed by atoms with Crippen LogP contribution in [0, 0.1) is 0 Å². The first-order valence-corrected chi connectivity index (χ1v) is 6.59. The van der Waals surface area contributed by atoms with E-state index in [2.05, 4.69) is 29.9 Å². The van der Waals surface area contributed by atoms with Crippen LogP contribution in [0.3, 0.4) is 0 Å². The summed E-state index contributed by atoms with van der Waals surface area (Å²) in [6, 6.07) is 6.14. The second-order valence-corrected chi connectivity index (χ2v) is 5.82. The van der Waals surface area contributed by atoms with Crippen LogP contribution in [-0.4, -0.2) is 17.1 Å². The van der Waals surface area contributed by atoms with Gasteiger partial charge in [0, 0.05) is 11.8 Å². The van der Waals surface area contributed by atoms with E-state index in [9.17, 15) is 0 Å². The largest absolute Gasteiger partial charge is 0.497 e. The molecule has 0 radical (unpaired) electrons. The van der Waals surface area contributed by atoms with Crippen molar-refractivity contribution in [3.05, 3.63) is 40.8 Å². The summed E-state index contributed by atoms with van der Waals surface area (Å²) < 4.78 is 5.32. The Labute approximate surface area is 117 Å². The summed E-state index contributed by atoms with van der Waals surface area (Å²) in [4.78, 5) is 8.49. The maximum atomic E-state index is 5.93. The van der Waals surface area contributed by atoms with Gasteiger partial charge in [-0.2, -0.15) is 0 Å². The molecular formula is C15H15ClN2O. The topological polar surface area (TPSA) is 35.0 Å². The first-order chi connectivity index (χ1) is 9.01. The van der Waals surface area contributed by atoms with E-state index in [1.807, 2.05) is 18.3 Å². The molecule has 3 nitrogen and oxygen atoms in total. The van der Waals surface area contributed by atoms with Gasteiger partial charge < -0.3 is 4.74 Å². The Bertz CT molecular complexity index is 653. The molecule has 0 aliphatic heterocycles. The molecular weight excluding hydrogens is 260 g/mol. The predicted octanol–water partition coefficient (Wildman–Crippen LogP) is 3.64. The highest BCUT2D eigenvalue weighted by atomic mass is 35.5. The fraction of sp³-hybridized carbons (Fsp3) is 0.333. The SMILES string of the molecule is COc1ccc2c(c1)-c1nc(Cl)ncc1CC2(C)C. The molecule has 98 valence electrons. The monoisotopic (exact) mass is 274 g/mol. The molecule has 0 N–H and O–H groups in total. The molecule has 0 fully saturated rings. The van der Waals surface area contributed by atoms with Gasteiger partial charge in [0.15, 0.2) is 0 Å². The molecule has 1 aromatic carbocycles. The summed E-state index contributed by atoms with van der Waals surface area (Å²) in [5.41, 5.74) is 4.49. The minimum atomic E-state index is 0.0613. The van der Waals surface area contributed by atoms with Crippen LogP contribution < -0.4 is 4.74 Å². The number of halogens is 1. The number of hydrogen-bond donors (Lipinski definition) is 0. The van der Waals surface area contributed by atoms with Gasteiger partial charge >= 0.3 is 0 Å². The highest BCUT2D eigenvalue weighted by Gasteiger charge is 2.32.